The number of thioether (sulfide) groups is 1. The highest BCUT2D eigenvalue weighted by Gasteiger charge is 1.98. The van der Waals surface area contributed by atoms with Gasteiger partial charge < -0.3 is 4.74 Å². The van der Waals surface area contributed by atoms with E-state index in [4.69, 9.17) is 11.6 Å². The number of aliphatic imine (C=N–C) groups is 1. The molecule has 0 aliphatic carbocycles. The number of esters is 1. The number of benzene rings is 1. The van der Waals surface area contributed by atoms with Crippen LogP contribution in [0.3, 0.4) is 0 Å². The third-order valence-corrected chi connectivity index (χ3v) is 3.37. The molecule has 0 saturated carbocycles. The number of halogens is 1. The van der Waals surface area contributed by atoms with Gasteiger partial charge in [0, 0.05) is 29.3 Å². The monoisotopic (exact) mass is 285 g/mol. The molecule has 1 aromatic carbocycles. The predicted molar refractivity (Wildman–Crippen MR) is 77.9 cm³/mol. The number of hydrogen-bond donors (Lipinski definition) is 0. The summed E-state index contributed by atoms with van der Waals surface area (Å²) in [6.45, 7) is 0.745. The van der Waals surface area contributed by atoms with Gasteiger partial charge in [-0.15, -0.1) is 0 Å². The Labute approximate surface area is 117 Å². The van der Waals surface area contributed by atoms with Gasteiger partial charge in [0.15, 0.2) is 0 Å². The van der Waals surface area contributed by atoms with Crippen LogP contribution in [0, 0.1) is 0 Å². The lowest BCUT2D eigenvalue weighted by atomic mass is 10.2. The number of nitrogens with zero attached hydrogens (tertiary/aromatic N) is 1. The van der Waals surface area contributed by atoms with Crippen molar-refractivity contribution in [3.63, 3.8) is 0 Å². The van der Waals surface area contributed by atoms with Crippen LogP contribution in [0.15, 0.2) is 29.3 Å². The molecule has 1 rings (SSSR count). The quantitative estimate of drug-likeness (QED) is 0.439. The van der Waals surface area contributed by atoms with Crippen LogP contribution in [-0.4, -0.2) is 37.3 Å². The first-order chi connectivity index (χ1) is 8.72. The van der Waals surface area contributed by atoms with E-state index in [1.165, 1.54) is 7.11 Å². The van der Waals surface area contributed by atoms with Gasteiger partial charge in [-0.1, -0.05) is 23.7 Å². The van der Waals surface area contributed by atoms with Gasteiger partial charge in [0.05, 0.1) is 13.5 Å². The normalized spacial score (nSPS) is 10.8. The maximum atomic E-state index is 10.8. The summed E-state index contributed by atoms with van der Waals surface area (Å²) in [5, 5.41) is 0.727. The molecule has 98 valence electrons. The molecule has 0 aliphatic heterocycles. The summed E-state index contributed by atoms with van der Waals surface area (Å²) in [6, 6.07) is 7.54. The standard InChI is InChI=1S/C13H16ClNO2S/c1-17-13(16)6-8-18-9-7-15-10-11-2-4-12(14)5-3-11/h2-5,10H,6-9H2,1H3. The summed E-state index contributed by atoms with van der Waals surface area (Å²) < 4.78 is 4.55. The first kappa shape index (κ1) is 15.1. The van der Waals surface area contributed by atoms with Crippen LogP contribution in [0.2, 0.25) is 5.02 Å². The Bertz CT molecular complexity index is 392. The molecular weight excluding hydrogens is 270 g/mol. The first-order valence-electron chi connectivity index (χ1n) is 5.62. The Kier molecular flexibility index (Phi) is 7.53. The average Bonchev–Trinajstić information content (AvgIpc) is 2.39. The highest BCUT2D eigenvalue weighted by atomic mass is 35.5. The smallest absolute Gasteiger partial charge is 0.306 e. The van der Waals surface area contributed by atoms with E-state index in [-0.39, 0.29) is 5.97 Å². The minimum atomic E-state index is -0.160. The van der Waals surface area contributed by atoms with E-state index in [2.05, 4.69) is 9.73 Å². The van der Waals surface area contributed by atoms with Crippen molar-refractivity contribution in [2.75, 3.05) is 25.2 Å². The van der Waals surface area contributed by atoms with Gasteiger partial charge in [-0.3, -0.25) is 9.79 Å². The van der Waals surface area contributed by atoms with Crippen molar-refractivity contribution in [3.05, 3.63) is 34.9 Å². The lowest BCUT2D eigenvalue weighted by Crippen LogP contribution is -2.01. The second kappa shape index (κ2) is 9.00. The van der Waals surface area contributed by atoms with Gasteiger partial charge in [0.1, 0.15) is 0 Å². The molecule has 5 heteroatoms. The van der Waals surface area contributed by atoms with E-state index in [0.717, 1.165) is 28.6 Å². The van der Waals surface area contributed by atoms with E-state index in [1.54, 1.807) is 11.8 Å². The zero-order valence-electron chi connectivity index (χ0n) is 10.3. The van der Waals surface area contributed by atoms with Crippen LogP contribution in [-0.2, 0) is 9.53 Å². The van der Waals surface area contributed by atoms with Crippen LogP contribution < -0.4 is 0 Å². The summed E-state index contributed by atoms with van der Waals surface area (Å²) in [6.07, 6.45) is 2.29. The minimum Gasteiger partial charge on any atom is -0.469 e. The maximum absolute atomic E-state index is 10.8. The number of carbonyl (C=O) groups excluding carboxylic acids is 1. The number of ether oxygens (including phenoxy) is 1. The third kappa shape index (κ3) is 6.67. The van der Waals surface area contributed by atoms with Gasteiger partial charge in [-0.2, -0.15) is 11.8 Å². The van der Waals surface area contributed by atoms with Gasteiger partial charge in [0.2, 0.25) is 0 Å². The molecule has 0 N–H and O–H groups in total. The minimum absolute atomic E-state index is 0.160. The van der Waals surface area contributed by atoms with Crippen LogP contribution in [0.4, 0.5) is 0 Å². The first-order valence-corrected chi connectivity index (χ1v) is 7.15. The Balaban J connectivity index is 2.10. The van der Waals surface area contributed by atoms with E-state index >= 15 is 0 Å². The van der Waals surface area contributed by atoms with E-state index in [9.17, 15) is 4.79 Å². The molecule has 0 aliphatic rings. The molecule has 0 spiro atoms. The van der Waals surface area contributed by atoms with Gasteiger partial charge in [0.25, 0.3) is 0 Å². The van der Waals surface area contributed by atoms with Crippen molar-refractivity contribution in [1.82, 2.24) is 0 Å². The summed E-state index contributed by atoms with van der Waals surface area (Å²) >= 11 is 7.48. The maximum Gasteiger partial charge on any atom is 0.306 e. The zero-order valence-corrected chi connectivity index (χ0v) is 11.8. The molecular formula is C13H16ClNO2S. The van der Waals surface area contributed by atoms with Gasteiger partial charge in [-0.25, -0.2) is 0 Å². The highest BCUT2D eigenvalue weighted by Crippen LogP contribution is 2.08. The van der Waals surface area contributed by atoms with Gasteiger partial charge in [-0.05, 0) is 17.7 Å². The van der Waals surface area contributed by atoms with Crippen LogP contribution in [0.25, 0.3) is 0 Å². The van der Waals surface area contributed by atoms with Crippen molar-refractivity contribution < 1.29 is 9.53 Å². The molecule has 0 heterocycles. The lowest BCUT2D eigenvalue weighted by molar-refractivity contribution is -0.140. The number of hydrogen-bond acceptors (Lipinski definition) is 4. The van der Waals surface area contributed by atoms with E-state index < -0.39 is 0 Å². The fourth-order valence-corrected chi connectivity index (χ4v) is 2.07. The summed E-state index contributed by atoms with van der Waals surface area (Å²) in [5.41, 5.74) is 1.04. The Morgan fingerprint density at radius 3 is 2.78 bits per heavy atom. The molecule has 0 atom stereocenters. The largest absolute Gasteiger partial charge is 0.469 e. The summed E-state index contributed by atoms with van der Waals surface area (Å²) in [5.74, 6) is 1.52. The van der Waals surface area contributed by atoms with E-state index in [0.29, 0.717) is 6.42 Å². The topological polar surface area (TPSA) is 38.7 Å². The second-order valence-corrected chi connectivity index (χ2v) is 5.19. The van der Waals surface area contributed by atoms with Crippen LogP contribution in [0.1, 0.15) is 12.0 Å². The molecule has 0 bridgehead atoms. The highest BCUT2D eigenvalue weighted by molar-refractivity contribution is 7.99. The fraction of sp³-hybridized carbons (Fsp3) is 0.385. The summed E-state index contributed by atoms with van der Waals surface area (Å²) in [4.78, 5) is 15.1. The number of carbonyl (C=O) groups is 1. The van der Waals surface area contributed by atoms with Crippen LogP contribution in [0.5, 0.6) is 0 Å². The Morgan fingerprint density at radius 2 is 2.11 bits per heavy atom. The molecule has 0 saturated heterocycles. The fourth-order valence-electron chi connectivity index (χ4n) is 1.20. The number of methoxy groups -OCH3 is 1. The number of rotatable bonds is 7. The Hall–Kier alpha value is -1.00. The van der Waals surface area contributed by atoms with Gasteiger partial charge >= 0.3 is 5.97 Å². The molecule has 18 heavy (non-hydrogen) atoms. The predicted octanol–water partition coefficient (Wildman–Crippen LogP) is 3.06. The molecule has 3 nitrogen and oxygen atoms in total. The van der Waals surface area contributed by atoms with E-state index in [1.807, 2.05) is 30.5 Å². The second-order valence-electron chi connectivity index (χ2n) is 3.53. The molecule has 1 aromatic rings. The van der Waals surface area contributed by atoms with Crippen LogP contribution >= 0.6 is 23.4 Å². The average molecular weight is 286 g/mol. The van der Waals surface area contributed by atoms with Crippen molar-refractivity contribution in [1.29, 1.82) is 0 Å². The molecule has 0 fully saturated rings. The lowest BCUT2D eigenvalue weighted by Gasteiger charge is -1.98. The van der Waals surface area contributed by atoms with Crippen molar-refractivity contribution in [2.45, 2.75) is 6.42 Å². The SMILES string of the molecule is COC(=O)CCSCCN=Cc1ccc(Cl)cc1. The Morgan fingerprint density at radius 1 is 1.39 bits per heavy atom. The third-order valence-electron chi connectivity index (χ3n) is 2.15. The molecule has 0 radical (unpaired) electrons. The molecule has 0 aromatic heterocycles. The van der Waals surface area contributed by atoms with Crippen molar-refractivity contribution in [2.24, 2.45) is 4.99 Å². The van der Waals surface area contributed by atoms with Crippen molar-refractivity contribution in [3.8, 4) is 0 Å². The molecule has 0 unspecified atom stereocenters. The zero-order chi connectivity index (χ0) is 13.2. The summed E-state index contributed by atoms with van der Waals surface area (Å²) in [7, 11) is 1.41. The molecule has 0 amide bonds. The van der Waals surface area contributed by atoms with Crippen molar-refractivity contribution >= 4 is 35.5 Å².